The number of aromatic nitrogens is 1. The lowest BCUT2D eigenvalue weighted by atomic mass is 10.0. The van der Waals surface area contributed by atoms with Crippen LogP contribution in [0.4, 0.5) is 0 Å². The van der Waals surface area contributed by atoms with E-state index in [1.54, 1.807) is 6.92 Å². The molecule has 0 unspecified atom stereocenters. The normalized spacial score (nSPS) is 18.0. The van der Waals surface area contributed by atoms with E-state index >= 15 is 0 Å². The Kier molecular flexibility index (Phi) is 4.14. The van der Waals surface area contributed by atoms with Crippen LogP contribution in [-0.2, 0) is 4.79 Å². The maximum Gasteiger partial charge on any atom is 0.326 e. The van der Waals surface area contributed by atoms with E-state index in [1.165, 1.54) is 4.90 Å². The number of carbonyl (C=O) groups excluding carboxylic acids is 1. The number of benzene rings is 1. The molecular weight excluding hydrogens is 296 g/mol. The molecule has 2 aromatic rings. The first-order chi connectivity index (χ1) is 11.1. The highest BCUT2D eigenvalue weighted by molar-refractivity contribution is 5.95. The van der Waals surface area contributed by atoms with Gasteiger partial charge in [-0.1, -0.05) is 18.2 Å². The molecule has 1 saturated heterocycles. The van der Waals surface area contributed by atoms with Gasteiger partial charge in [-0.2, -0.15) is 0 Å². The summed E-state index contributed by atoms with van der Waals surface area (Å²) in [5.41, 5.74) is 1.26. The second kappa shape index (κ2) is 6.24. The van der Waals surface area contributed by atoms with E-state index in [2.05, 4.69) is 4.98 Å². The van der Waals surface area contributed by atoms with Crippen molar-refractivity contribution in [3.05, 3.63) is 41.8 Å². The van der Waals surface area contributed by atoms with E-state index < -0.39 is 17.9 Å². The lowest BCUT2D eigenvalue weighted by Crippen LogP contribution is -2.48. The fourth-order valence-corrected chi connectivity index (χ4v) is 2.86. The summed E-state index contributed by atoms with van der Waals surface area (Å²) in [5.74, 6) is -0.880. The molecule has 120 valence electrons. The Morgan fingerprint density at radius 3 is 2.70 bits per heavy atom. The summed E-state index contributed by atoms with van der Waals surface area (Å²) in [7, 11) is 0. The van der Waals surface area contributed by atoms with Gasteiger partial charge in [0.1, 0.15) is 6.04 Å². The Morgan fingerprint density at radius 1 is 1.26 bits per heavy atom. The van der Waals surface area contributed by atoms with Crippen molar-refractivity contribution in [3.63, 3.8) is 0 Å². The van der Waals surface area contributed by atoms with Crippen LogP contribution >= 0.6 is 0 Å². The predicted octanol–water partition coefficient (Wildman–Crippen LogP) is 2.73. The number of carboxylic acids is 1. The van der Waals surface area contributed by atoms with Crippen molar-refractivity contribution in [2.75, 3.05) is 6.54 Å². The van der Waals surface area contributed by atoms with E-state index in [-0.39, 0.29) is 5.76 Å². The van der Waals surface area contributed by atoms with Gasteiger partial charge in [-0.05, 0) is 38.3 Å². The fourth-order valence-electron chi connectivity index (χ4n) is 2.86. The minimum atomic E-state index is -0.974. The Morgan fingerprint density at radius 2 is 2.00 bits per heavy atom. The number of nitrogens with zero attached hydrogens (tertiary/aromatic N) is 2. The second-order valence-electron chi connectivity index (χ2n) is 5.65. The monoisotopic (exact) mass is 314 g/mol. The molecule has 23 heavy (non-hydrogen) atoms. The van der Waals surface area contributed by atoms with Gasteiger partial charge in [-0.3, -0.25) is 4.79 Å². The van der Waals surface area contributed by atoms with Gasteiger partial charge in [-0.15, -0.1) is 0 Å². The minimum absolute atomic E-state index is 0.122. The lowest BCUT2D eigenvalue weighted by Gasteiger charge is -2.32. The quantitative estimate of drug-likeness (QED) is 0.941. The van der Waals surface area contributed by atoms with Gasteiger partial charge in [0.2, 0.25) is 11.7 Å². The Balaban J connectivity index is 1.90. The third-order valence-corrected chi connectivity index (χ3v) is 4.06. The average molecular weight is 314 g/mol. The molecule has 1 fully saturated rings. The van der Waals surface area contributed by atoms with Crippen molar-refractivity contribution in [2.24, 2.45) is 0 Å². The van der Waals surface area contributed by atoms with Crippen LogP contribution < -0.4 is 0 Å². The molecule has 6 heteroatoms. The summed E-state index contributed by atoms with van der Waals surface area (Å²) in [6, 6.07) is 8.52. The molecule has 0 saturated carbocycles. The molecule has 0 radical (unpaired) electrons. The van der Waals surface area contributed by atoms with Crippen LogP contribution in [0.2, 0.25) is 0 Å². The summed E-state index contributed by atoms with van der Waals surface area (Å²) in [6.45, 7) is 2.12. The molecule has 1 atom stereocenters. The van der Waals surface area contributed by atoms with Crippen LogP contribution in [-0.4, -0.2) is 39.5 Å². The maximum absolute atomic E-state index is 12.7. The molecule has 1 aromatic heterocycles. The predicted molar refractivity (Wildman–Crippen MR) is 83.0 cm³/mol. The topological polar surface area (TPSA) is 83.6 Å². The van der Waals surface area contributed by atoms with Gasteiger partial charge in [0.05, 0.1) is 5.69 Å². The number of piperidine rings is 1. The van der Waals surface area contributed by atoms with Gasteiger partial charge in [-0.25, -0.2) is 9.78 Å². The first-order valence-corrected chi connectivity index (χ1v) is 7.64. The zero-order valence-electron chi connectivity index (χ0n) is 12.9. The van der Waals surface area contributed by atoms with Crippen LogP contribution in [0.25, 0.3) is 11.5 Å². The molecule has 6 nitrogen and oxygen atoms in total. The third-order valence-electron chi connectivity index (χ3n) is 4.06. The van der Waals surface area contributed by atoms with Gasteiger partial charge in [0.15, 0.2) is 0 Å². The smallest absolute Gasteiger partial charge is 0.326 e. The molecule has 1 aromatic carbocycles. The van der Waals surface area contributed by atoms with Gasteiger partial charge in [0.25, 0.3) is 5.91 Å². The third kappa shape index (κ3) is 2.97. The summed E-state index contributed by atoms with van der Waals surface area (Å²) in [4.78, 5) is 29.8. The van der Waals surface area contributed by atoms with E-state index in [1.807, 2.05) is 30.3 Å². The van der Waals surface area contributed by atoms with E-state index in [0.29, 0.717) is 24.6 Å². The van der Waals surface area contributed by atoms with Crippen LogP contribution in [0.3, 0.4) is 0 Å². The second-order valence-corrected chi connectivity index (χ2v) is 5.65. The molecule has 0 bridgehead atoms. The lowest BCUT2D eigenvalue weighted by molar-refractivity contribution is -0.143. The number of hydrogen-bond acceptors (Lipinski definition) is 4. The number of carbonyl (C=O) groups is 2. The molecule has 1 aliphatic heterocycles. The van der Waals surface area contributed by atoms with Crippen molar-refractivity contribution in [1.29, 1.82) is 0 Å². The summed E-state index contributed by atoms with van der Waals surface area (Å²) in [6.07, 6.45) is 2.08. The van der Waals surface area contributed by atoms with Gasteiger partial charge < -0.3 is 14.4 Å². The molecule has 1 N–H and O–H groups in total. The highest BCUT2D eigenvalue weighted by Gasteiger charge is 2.35. The van der Waals surface area contributed by atoms with Crippen molar-refractivity contribution in [2.45, 2.75) is 32.2 Å². The van der Waals surface area contributed by atoms with Crippen molar-refractivity contribution in [1.82, 2.24) is 9.88 Å². The van der Waals surface area contributed by atoms with Crippen LogP contribution in [0.15, 0.2) is 34.7 Å². The average Bonchev–Trinajstić information content (AvgIpc) is 2.97. The summed E-state index contributed by atoms with van der Waals surface area (Å²) in [5, 5.41) is 9.32. The number of carboxylic acid groups (broad SMARTS) is 1. The van der Waals surface area contributed by atoms with E-state index in [0.717, 1.165) is 18.4 Å². The zero-order valence-corrected chi connectivity index (χ0v) is 12.9. The number of rotatable bonds is 3. The van der Waals surface area contributed by atoms with E-state index in [9.17, 15) is 14.7 Å². The van der Waals surface area contributed by atoms with Crippen molar-refractivity contribution >= 4 is 11.9 Å². The summed E-state index contributed by atoms with van der Waals surface area (Å²) < 4.78 is 5.65. The van der Waals surface area contributed by atoms with Crippen molar-refractivity contribution < 1.29 is 19.1 Å². The number of amides is 1. The Labute approximate surface area is 133 Å². The Hall–Kier alpha value is -2.63. The minimum Gasteiger partial charge on any atom is -0.480 e. The number of hydrogen-bond donors (Lipinski definition) is 1. The molecule has 0 spiro atoms. The fraction of sp³-hybridized carbons (Fsp3) is 0.353. The zero-order chi connectivity index (χ0) is 16.4. The molecule has 1 aliphatic rings. The largest absolute Gasteiger partial charge is 0.480 e. The molecule has 3 rings (SSSR count). The van der Waals surface area contributed by atoms with Gasteiger partial charge >= 0.3 is 5.97 Å². The SMILES string of the molecule is Cc1nc(-c2ccccc2)oc1C(=O)N1CCCC[C@@H]1C(=O)O. The number of aliphatic carboxylic acids is 1. The highest BCUT2D eigenvalue weighted by Crippen LogP contribution is 2.25. The van der Waals surface area contributed by atoms with Crippen LogP contribution in [0.5, 0.6) is 0 Å². The van der Waals surface area contributed by atoms with Gasteiger partial charge in [0, 0.05) is 12.1 Å². The van der Waals surface area contributed by atoms with Crippen LogP contribution in [0.1, 0.15) is 35.5 Å². The molecule has 0 aliphatic carbocycles. The highest BCUT2D eigenvalue weighted by atomic mass is 16.4. The van der Waals surface area contributed by atoms with Crippen molar-refractivity contribution in [3.8, 4) is 11.5 Å². The molecule has 2 heterocycles. The number of oxazole rings is 1. The van der Waals surface area contributed by atoms with E-state index in [4.69, 9.17) is 4.42 Å². The summed E-state index contributed by atoms with van der Waals surface area (Å²) >= 11 is 0. The molecule has 1 amide bonds. The Bertz CT molecular complexity index is 723. The standard InChI is InChI=1S/C17H18N2O4/c1-11-14(23-15(18-11)12-7-3-2-4-8-12)16(20)19-10-6-5-9-13(19)17(21)22/h2-4,7-8,13H,5-6,9-10H2,1H3,(H,21,22)/t13-/m1/s1. The maximum atomic E-state index is 12.7. The molecular formula is C17H18N2O4. The first-order valence-electron chi connectivity index (χ1n) is 7.64. The number of aryl methyl sites for hydroxylation is 1. The van der Waals surface area contributed by atoms with Crippen LogP contribution in [0, 0.1) is 6.92 Å². The first kappa shape index (κ1) is 15.3. The number of likely N-dealkylation sites (tertiary alicyclic amines) is 1.